The van der Waals surface area contributed by atoms with Gasteiger partial charge in [-0.15, -0.1) is 0 Å². The largest absolute Gasteiger partial charge is 0.481 e. The van der Waals surface area contributed by atoms with Crippen molar-refractivity contribution in [1.82, 2.24) is 4.90 Å². The maximum absolute atomic E-state index is 11.8. The lowest BCUT2D eigenvalue weighted by Gasteiger charge is -2.15. The van der Waals surface area contributed by atoms with Crippen LogP contribution < -0.4 is 0 Å². The van der Waals surface area contributed by atoms with Gasteiger partial charge in [0.05, 0.1) is 6.42 Å². The van der Waals surface area contributed by atoms with Crippen molar-refractivity contribution >= 4 is 11.9 Å². The molecule has 0 radical (unpaired) electrons. The number of carboxylic acid groups (broad SMARTS) is 1. The van der Waals surface area contributed by atoms with Crippen LogP contribution in [0.2, 0.25) is 0 Å². The minimum Gasteiger partial charge on any atom is -0.481 e. The van der Waals surface area contributed by atoms with Crippen LogP contribution in [0.5, 0.6) is 0 Å². The van der Waals surface area contributed by atoms with Crippen LogP contribution in [0.1, 0.15) is 90.4 Å². The molecule has 4 nitrogen and oxygen atoms in total. The number of nitrogens with zero attached hydrogens (tertiary/aromatic N) is 1. The van der Waals surface area contributed by atoms with Gasteiger partial charge < -0.3 is 10.0 Å². The lowest BCUT2D eigenvalue weighted by molar-refractivity contribution is -0.138. The molecule has 0 saturated heterocycles. The second kappa shape index (κ2) is 18.2. The van der Waals surface area contributed by atoms with E-state index in [0.29, 0.717) is 13.0 Å². The minimum absolute atomic E-state index is 0.0183. The van der Waals surface area contributed by atoms with Crippen LogP contribution >= 0.6 is 0 Å². The first-order chi connectivity index (χ1) is 12.6. The molecular formula is C22H39NO3. The number of carbonyl (C=O) groups excluding carboxylic acids is 1. The van der Waals surface area contributed by atoms with Gasteiger partial charge in [-0.25, -0.2) is 0 Å². The summed E-state index contributed by atoms with van der Waals surface area (Å²) in [6.07, 6.45) is 22.5. The van der Waals surface area contributed by atoms with Crippen molar-refractivity contribution in [1.29, 1.82) is 0 Å². The summed E-state index contributed by atoms with van der Waals surface area (Å²) < 4.78 is 0. The first kappa shape index (κ1) is 24.4. The topological polar surface area (TPSA) is 57.6 Å². The number of rotatable bonds is 17. The smallest absolute Gasteiger partial charge is 0.305 e. The van der Waals surface area contributed by atoms with Gasteiger partial charge in [0.15, 0.2) is 0 Å². The molecule has 0 unspecified atom stereocenters. The van der Waals surface area contributed by atoms with Gasteiger partial charge in [0.25, 0.3) is 0 Å². The average molecular weight is 366 g/mol. The van der Waals surface area contributed by atoms with E-state index in [1.807, 2.05) is 0 Å². The van der Waals surface area contributed by atoms with Gasteiger partial charge in [0, 0.05) is 20.0 Å². The Bertz CT molecular complexity index is 416. The predicted molar refractivity (Wildman–Crippen MR) is 109 cm³/mol. The fourth-order valence-electron chi connectivity index (χ4n) is 2.67. The highest BCUT2D eigenvalue weighted by Crippen LogP contribution is 2.09. The fraction of sp³-hybridized carbons (Fsp3) is 0.727. The summed E-state index contributed by atoms with van der Waals surface area (Å²) in [5, 5.41) is 8.62. The Morgan fingerprint density at radius 2 is 1.38 bits per heavy atom. The SMILES string of the molecule is CCCCC/C=C\C/C=C\CCCCCCCC(=O)N(C)CCC(=O)O. The Labute approximate surface area is 160 Å². The van der Waals surface area contributed by atoms with Crippen molar-refractivity contribution in [2.75, 3.05) is 13.6 Å². The standard InChI is InChI=1S/C22H39NO3/c1-3-4-5-6-7-8-9-10-11-12-13-14-15-16-17-18-21(24)23(2)20-19-22(25)26/h7-8,10-11H,3-6,9,12-20H2,1-2H3,(H,25,26)/b8-7-,11-10-. The van der Waals surface area contributed by atoms with E-state index >= 15 is 0 Å². The predicted octanol–water partition coefficient (Wildman–Crippen LogP) is 5.73. The van der Waals surface area contributed by atoms with E-state index in [1.54, 1.807) is 7.05 Å². The quantitative estimate of drug-likeness (QED) is 0.264. The third kappa shape index (κ3) is 17.2. The van der Waals surface area contributed by atoms with Gasteiger partial charge in [0.2, 0.25) is 5.91 Å². The lowest BCUT2D eigenvalue weighted by Crippen LogP contribution is -2.28. The molecule has 0 heterocycles. The van der Waals surface area contributed by atoms with Crippen LogP contribution in [0.3, 0.4) is 0 Å². The zero-order valence-corrected chi connectivity index (χ0v) is 16.9. The van der Waals surface area contributed by atoms with Gasteiger partial charge in [-0.3, -0.25) is 9.59 Å². The summed E-state index contributed by atoms with van der Waals surface area (Å²) in [5.74, 6) is -0.807. The summed E-state index contributed by atoms with van der Waals surface area (Å²) in [5.41, 5.74) is 0. The second-order valence-electron chi connectivity index (χ2n) is 6.94. The monoisotopic (exact) mass is 365 g/mol. The third-order valence-corrected chi connectivity index (χ3v) is 4.43. The lowest BCUT2D eigenvalue weighted by atomic mass is 10.1. The molecule has 0 atom stereocenters. The molecule has 0 saturated carbocycles. The Morgan fingerprint density at radius 1 is 0.808 bits per heavy atom. The van der Waals surface area contributed by atoms with Crippen LogP contribution in [-0.4, -0.2) is 35.5 Å². The Hall–Kier alpha value is -1.58. The van der Waals surface area contributed by atoms with E-state index in [0.717, 1.165) is 32.1 Å². The van der Waals surface area contributed by atoms with Crippen molar-refractivity contribution < 1.29 is 14.7 Å². The molecule has 0 spiro atoms. The number of hydrogen-bond donors (Lipinski definition) is 1. The normalized spacial score (nSPS) is 11.5. The second-order valence-corrected chi connectivity index (χ2v) is 6.94. The molecular weight excluding hydrogens is 326 g/mol. The molecule has 0 aromatic heterocycles. The van der Waals surface area contributed by atoms with E-state index in [4.69, 9.17) is 5.11 Å². The molecule has 150 valence electrons. The molecule has 1 N–H and O–H groups in total. The summed E-state index contributed by atoms with van der Waals surface area (Å²) in [7, 11) is 1.68. The van der Waals surface area contributed by atoms with Crippen LogP contribution in [-0.2, 0) is 9.59 Å². The van der Waals surface area contributed by atoms with Crippen LogP contribution in [0.15, 0.2) is 24.3 Å². The molecule has 1 amide bonds. The zero-order chi connectivity index (χ0) is 19.5. The van der Waals surface area contributed by atoms with Gasteiger partial charge in [-0.05, 0) is 38.5 Å². The molecule has 4 heteroatoms. The van der Waals surface area contributed by atoms with Gasteiger partial charge in [-0.2, -0.15) is 0 Å². The fourth-order valence-corrected chi connectivity index (χ4v) is 2.67. The number of carbonyl (C=O) groups is 2. The molecule has 0 aromatic rings. The maximum atomic E-state index is 11.8. The van der Waals surface area contributed by atoms with Crippen molar-refractivity contribution in [3.05, 3.63) is 24.3 Å². The van der Waals surface area contributed by atoms with Gasteiger partial charge >= 0.3 is 5.97 Å². The van der Waals surface area contributed by atoms with Crippen molar-refractivity contribution in [3.63, 3.8) is 0 Å². The van der Waals surface area contributed by atoms with E-state index < -0.39 is 5.97 Å². The Balaban J connectivity index is 3.41. The first-order valence-electron chi connectivity index (χ1n) is 10.3. The highest BCUT2D eigenvalue weighted by Gasteiger charge is 2.09. The van der Waals surface area contributed by atoms with E-state index in [-0.39, 0.29) is 12.3 Å². The zero-order valence-electron chi connectivity index (χ0n) is 16.9. The highest BCUT2D eigenvalue weighted by atomic mass is 16.4. The summed E-state index contributed by atoms with van der Waals surface area (Å²) >= 11 is 0. The molecule has 26 heavy (non-hydrogen) atoms. The maximum Gasteiger partial charge on any atom is 0.305 e. The van der Waals surface area contributed by atoms with Crippen molar-refractivity contribution in [3.8, 4) is 0 Å². The van der Waals surface area contributed by atoms with E-state index in [9.17, 15) is 9.59 Å². The molecule has 0 aliphatic heterocycles. The summed E-state index contributed by atoms with van der Waals surface area (Å²) in [6.45, 7) is 2.53. The van der Waals surface area contributed by atoms with Crippen LogP contribution in [0.4, 0.5) is 0 Å². The number of allylic oxidation sites excluding steroid dienone is 4. The summed E-state index contributed by atoms with van der Waals surface area (Å²) in [6, 6.07) is 0. The molecule has 0 aliphatic carbocycles. The van der Waals surface area contributed by atoms with E-state index in [1.165, 1.54) is 43.4 Å². The molecule has 0 fully saturated rings. The first-order valence-corrected chi connectivity index (χ1v) is 10.3. The number of aliphatic carboxylic acids is 1. The van der Waals surface area contributed by atoms with Gasteiger partial charge in [0.1, 0.15) is 0 Å². The van der Waals surface area contributed by atoms with Crippen molar-refractivity contribution in [2.24, 2.45) is 0 Å². The Kier molecular flexibility index (Phi) is 17.1. The third-order valence-electron chi connectivity index (χ3n) is 4.43. The van der Waals surface area contributed by atoms with Crippen LogP contribution in [0.25, 0.3) is 0 Å². The van der Waals surface area contributed by atoms with Gasteiger partial charge in [-0.1, -0.05) is 63.3 Å². The summed E-state index contributed by atoms with van der Waals surface area (Å²) in [4.78, 5) is 23.8. The minimum atomic E-state index is -0.860. The number of hydrogen-bond acceptors (Lipinski definition) is 2. The average Bonchev–Trinajstić information content (AvgIpc) is 2.62. The molecule has 0 aromatic carbocycles. The Morgan fingerprint density at radius 3 is 2.00 bits per heavy atom. The number of amides is 1. The number of carboxylic acids is 1. The van der Waals surface area contributed by atoms with Crippen molar-refractivity contribution in [2.45, 2.75) is 90.4 Å². The molecule has 0 aliphatic rings. The highest BCUT2D eigenvalue weighted by molar-refractivity contribution is 5.76. The van der Waals surface area contributed by atoms with Crippen LogP contribution in [0, 0.1) is 0 Å². The number of unbranched alkanes of at least 4 members (excludes halogenated alkanes) is 8. The molecule has 0 rings (SSSR count). The van der Waals surface area contributed by atoms with E-state index in [2.05, 4.69) is 31.2 Å². The molecule has 0 bridgehead atoms.